The fourth-order valence-electron chi connectivity index (χ4n) is 1.88. The van der Waals surface area contributed by atoms with Gasteiger partial charge >= 0.3 is 0 Å². The molecular weight excluding hydrogens is 266 g/mol. The minimum atomic E-state index is -0.111. The standard InChI is InChI=1S/C14H22ClNOS/c1-3-14(11-17,16-2)9-4-10-18-13-7-5-12(15)6-8-13/h5-8,16-17H,3-4,9-11H2,1-2H3. The molecule has 4 heteroatoms. The minimum Gasteiger partial charge on any atom is -0.394 e. The van der Waals surface area contributed by atoms with Crippen LogP contribution in [0.5, 0.6) is 0 Å². The van der Waals surface area contributed by atoms with Crippen LogP contribution in [0, 0.1) is 0 Å². The zero-order valence-corrected chi connectivity index (χ0v) is 12.7. The number of thioether (sulfide) groups is 1. The molecule has 0 heterocycles. The molecule has 0 aliphatic carbocycles. The average Bonchev–Trinajstić information content (AvgIpc) is 2.42. The number of hydrogen-bond donors (Lipinski definition) is 2. The number of halogens is 1. The number of likely N-dealkylation sites (N-methyl/N-ethyl adjacent to an activating group) is 1. The van der Waals surface area contributed by atoms with E-state index in [1.54, 1.807) is 0 Å². The van der Waals surface area contributed by atoms with Crippen LogP contribution < -0.4 is 5.32 Å². The van der Waals surface area contributed by atoms with E-state index in [-0.39, 0.29) is 12.1 Å². The first-order valence-corrected chi connectivity index (χ1v) is 7.70. The van der Waals surface area contributed by atoms with Crippen molar-refractivity contribution in [3.05, 3.63) is 29.3 Å². The van der Waals surface area contributed by atoms with Crippen LogP contribution in [0.1, 0.15) is 26.2 Å². The Morgan fingerprint density at radius 3 is 2.50 bits per heavy atom. The second-order valence-corrected chi connectivity index (χ2v) is 6.05. The molecule has 0 spiro atoms. The van der Waals surface area contributed by atoms with E-state index in [0.29, 0.717) is 0 Å². The first-order valence-electron chi connectivity index (χ1n) is 6.34. The summed E-state index contributed by atoms with van der Waals surface area (Å²) in [6.07, 6.45) is 3.03. The van der Waals surface area contributed by atoms with Crippen LogP contribution in [-0.4, -0.2) is 30.1 Å². The van der Waals surface area contributed by atoms with Crippen LogP contribution in [0.2, 0.25) is 5.02 Å². The average molecular weight is 288 g/mol. The number of nitrogens with one attached hydrogen (secondary N) is 1. The number of aliphatic hydroxyl groups is 1. The van der Waals surface area contributed by atoms with Crippen molar-refractivity contribution in [2.45, 2.75) is 36.6 Å². The molecule has 1 aromatic carbocycles. The van der Waals surface area contributed by atoms with E-state index in [1.807, 2.05) is 43.1 Å². The monoisotopic (exact) mass is 287 g/mol. The lowest BCUT2D eigenvalue weighted by molar-refractivity contribution is 0.154. The molecule has 18 heavy (non-hydrogen) atoms. The largest absolute Gasteiger partial charge is 0.394 e. The highest BCUT2D eigenvalue weighted by Gasteiger charge is 2.23. The molecule has 1 rings (SSSR count). The summed E-state index contributed by atoms with van der Waals surface area (Å²) in [5, 5.41) is 13.5. The molecule has 1 atom stereocenters. The fraction of sp³-hybridized carbons (Fsp3) is 0.571. The lowest BCUT2D eigenvalue weighted by Gasteiger charge is -2.30. The summed E-state index contributed by atoms with van der Waals surface area (Å²) in [6.45, 7) is 2.31. The predicted octanol–water partition coefficient (Wildman–Crippen LogP) is 3.57. The lowest BCUT2D eigenvalue weighted by Crippen LogP contribution is -2.45. The van der Waals surface area contributed by atoms with Gasteiger partial charge in [0.1, 0.15) is 0 Å². The van der Waals surface area contributed by atoms with Gasteiger partial charge in [-0.15, -0.1) is 11.8 Å². The van der Waals surface area contributed by atoms with Gasteiger partial charge in [-0.1, -0.05) is 18.5 Å². The Bertz CT molecular complexity index is 330. The predicted molar refractivity (Wildman–Crippen MR) is 80.6 cm³/mol. The molecule has 0 aliphatic rings. The molecule has 0 saturated carbocycles. The van der Waals surface area contributed by atoms with Gasteiger partial charge in [0.05, 0.1) is 6.61 Å². The topological polar surface area (TPSA) is 32.3 Å². The number of rotatable bonds is 8. The highest BCUT2D eigenvalue weighted by molar-refractivity contribution is 7.99. The zero-order chi connectivity index (χ0) is 13.4. The molecule has 0 aromatic heterocycles. The Hall–Kier alpha value is -0.220. The molecule has 0 amide bonds. The van der Waals surface area contributed by atoms with E-state index in [0.717, 1.165) is 30.0 Å². The molecule has 2 nitrogen and oxygen atoms in total. The molecule has 0 saturated heterocycles. The van der Waals surface area contributed by atoms with Crippen molar-refractivity contribution in [3.8, 4) is 0 Å². The maximum atomic E-state index is 9.44. The van der Waals surface area contributed by atoms with Gasteiger partial charge in [-0.05, 0) is 56.3 Å². The van der Waals surface area contributed by atoms with E-state index >= 15 is 0 Å². The summed E-state index contributed by atoms with van der Waals surface area (Å²) in [5.74, 6) is 1.06. The van der Waals surface area contributed by atoms with Gasteiger partial charge in [-0.25, -0.2) is 0 Å². The van der Waals surface area contributed by atoms with Crippen molar-refractivity contribution in [1.82, 2.24) is 5.32 Å². The van der Waals surface area contributed by atoms with E-state index in [9.17, 15) is 5.11 Å². The third-order valence-electron chi connectivity index (χ3n) is 3.39. The third kappa shape index (κ3) is 4.81. The number of hydrogen-bond acceptors (Lipinski definition) is 3. The van der Waals surface area contributed by atoms with Gasteiger partial charge in [0.15, 0.2) is 0 Å². The zero-order valence-electron chi connectivity index (χ0n) is 11.1. The second kappa shape index (κ2) is 8.05. The summed E-state index contributed by atoms with van der Waals surface area (Å²) in [7, 11) is 1.92. The summed E-state index contributed by atoms with van der Waals surface area (Å²) in [5.41, 5.74) is -0.111. The molecule has 1 aromatic rings. The van der Waals surface area contributed by atoms with Crippen molar-refractivity contribution < 1.29 is 5.11 Å². The van der Waals surface area contributed by atoms with Crippen LogP contribution in [0.25, 0.3) is 0 Å². The molecule has 102 valence electrons. The molecule has 0 aliphatic heterocycles. The first-order chi connectivity index (χ1) is 8.65. The molecule has 0 bridgehead atoms. The number of benzene rings is 1. The fourth-order valence-corrected chi connectivity index (χ4v) is 2.86. The molecule has 0 fully saturated rings. The van der Waals surface area contributed by atoms with Crippen LogP contribution in [0.3, 0.4) is 0 Å². The van der Waals surface area contributed by atoms with Crippen molar-refractivity contribution >= 4 is 23.4 Å². The SMILES string of the molecule is CCC(CO)(CCCSc1ccc(Cl)cc1)NC. The van der Waals surface area contributed by atoms with Crippen LogP contribution in [0.15, 0.2) is 29.2 Å². The van der Waals surface area contributed by atoms with E-state index < -0.39 is 0 Å². The Balaban J connectivity index is 2.31. The third-order valence-corrected chi connectivity index (χ3v) is 4.74. The summed E-state index contributed by atoms with van der Waals surface area (Å²) < 4.78 is 0. The van der Waals surface area contributed by atoms with Gasteiger partial charge in [0, 0.05) is 15.5 Å². The van der Waals surface area contributed by atoms with E-state index in [2.05, 4.69) is 12.2 Å². The van der Waals surface area contributed by atoms with Gasteiger partial charge in [-0.2, -0.15) is 0 Å². The quantitative estimate of drug-likeness (QED) is 0.566. The summed E-state index contributed by atoms with van der Waals surface area (Å²) in [6, 6.07) is 7.93. The Labute approximate surface area is 119 Å². The van der Waals surface area contributed by atoms with E-state index in [4.69, 9.17) is 11.6 Å². The van der Waals surface area contributed by atoms with Crippen molar-refractivity contribution in [1.29, 1.82) is 0 Å². The maximum Gasteiger partial charge on any atom is 0.0613 e. The second-order valence-electron chi connectivity index (χ2n) is 4.45. The van der Waals surface area contributed by atoms with Crippen LogP contribution >= 0.6 is 23.4 Å². The molecular formula is C14H22ClNOS. The van der Waals surface area contributed by atoms with Crippen LogP contribution in [-0.2, 0) is 0 Å². The normalized spacial score (nSPS) is 14.4. The van der Waals surface area contributed by atoms with Crippen molar-refractivity contribution in [2.24, 2.45) is 0 Å². The van der Waals surface area contributed by atoms with Crippen molar-refractivity contribution in [2.75, 3.05) is 19.4 Å². The van der Waals surface area contributed by atoms with Gasteiger partial charge in [-0.3, -0.25) is 0 Å². The Morgan fingerprint density at radius 1 is 1.33 bits per heavy atom. The van der Waals surface area contributed by atoms with Crippen LogP contribution in [0.4, 0.5) is 0 Å². The number of aliphatic hydroxyl groups excluding tert-OH is 1. The van der Waals surface area contributed by atoms with Gasteiger partial charge in [0.25, 0.3) is 0 Å². The first kappa shape index (κ1) is 15.8. The minimum absolute atomic E-state index is 0.111. The highest BCUT2D eigenvalue weighted by atomic mass is 35.5. The Morgan fingerprint density at radius 2 is 2.00 bits per heavy atom. The Kier molecular flexibility index (Phi) is 7.08. The van der Waals surface area contributed by atoms with Crippen molar-refractivity contribution in [3.63, 3.8) is 0 Å². The highest BCUT2D eigenvalue weighted by Crippen LogP contribution is 2.24. The smallest absolute Gasteiger partial charge is 0.0613 e. The maximum absolute atomic E-state index is 9.44. The molecule has 2 N–H and O–H groups in total. The molecule has 0 radical (unpaired) electrons. The summed E-state index contributed by atoms with van der Waals surface area (Å²) >= 11 is 7.68. The van der Waals surface area contributed by atoms with E-state index in [1.165, 1.54) is 4.90 Å². The summed E-state index contributed by atoms with van der Waals surface area (Å²) in [4.78, 5) is 1.25. The van der Waals surface area contributed by atoms with Gasteiger partial charge < -0.3 is 10.4 Å². The lowest BCUT2D eigenvalue weighted by atomic mass is 9.92. The molecule has 1 unspecified atom stereocenters. The van der Waals surface area contributed by atoms with Gasteiger partial charge in [0.2, 0.25) is 0 Å².